The summed E-state index contributed by atoms with van der Waals surface area (Å²) in [4.78, 5) is 0. The first-order valence-corrected chi connectivity index (χ1v) is 8.75. The van der Waals surface area contributed by atoms with Gasteiger partial charge >= 0.3 is 0 Å². The van der Waals surface area contributed by atoms with Crippen LogP contribution < -0.4 is 4.74 Å². The van der Waals surface area contributed by atoms with Crippen LogP contribution in [0.3, 0.4) is 0 Å². The van der Waals surface area contributed by atoms with Crippen molar-refractivity contribution in [2.24, 2.45) is 11.8 Å². The molecule has 4 atom stereocenters. The lowest BCUT2D eigenvalue weighted by molar-refractivity contribution is -0.0810. The lowest BCUT2D eigenvalue weighted by atomic mass is 9.67. The molecule has 3 aliphatic rings. The van der Waals surface area contributed by atoms with Gasteiger partial charge in [0.25, 0.3) is 0 Å². The highest BCUT2D eigenvalue weighted by atomic mass is 16.5. The van der Waals surface area contributed by atoms with Gasteiger partial charge in [-0.1, -0.05) is 11.6 Å². The Hall–Kier alpha value is -1.83. The quantitative estimate of drug-likeness (QED) is 0.877. The van der Waals surface area contributed by atoms with E-state index in [0.29, 0.717) is 6.42 Å². The van der Waals surface area contributed by atoms with E-state index in [9.17, 15) is 10.2 Å². The van der Waals surface area contributed by atoms with Crippen LogP contribution in [0.1, 0.15) is 43.2 Å². The Kier molecular flexibility index (Phi) is 3.67. The Balaban J connectivity index is 1.73. The van der Waals surface area contributed by atoms with Crippen LogP contribution in [0.15, 0.2) is 23.8 Å². The van der Waals surface area contributed by atoms with Crippen LogP contribution in [-0.2, 0) is 6.42 Å². The molecule has 0 radical (unpaired) electrons. The van der Waals surface area contributed by atoms with Crippen LogP contribution in [-0.4, -0.2) is 29.0 Å². The standard InChI is InChI=1S/C20H23NO3/c1-24-13-3-5-14-12(10-13)2-4-16-15(14)6-7-18-17(16)11-19(22)20(18,23)8-9-21/h3,5,10,17-19,22-23H,2,4,6-8,11H2,1H3. The van der Waals surface area contributed by atoms with E-state index in [1.165, 1.54) is 22.3 Å². The molecule has 1 saturated carbocycles. The van der Waals surface area contributed by atoms with Gasteiger partial charge in [0.2, 0.25) is 0 Å². The summed E-state index contributed by atoms with van der Waals surface area (Å²) in [5.41, 5.74) is 4.20. The number of hydrogen-bond acceptors (Lipinski definition) is 4. The Morgan fingerprint density at radius 2 is 2.17 bits per heavy atom. The number of fused-ring (bicyclic) bond motifs is 4. The molecule has 0 bridgehead atoms. The van der Waals surface area contributed by atoms with E-state index >= 15 is 0 Å². The van der Waals surface area contributed by atoms with Crippen molar-refractivity contribution < 1.29 is 14.9 Å². The third-order valence-electron chi connectivity index (χ3n) is 6.39. The lowest BCUT2D eigenvalue weighted by Crippen LogP contribution is -2.44. The van der Waals surface area contributed by atoms with Crippen molar-refractivity contribution in [1.82, 2.24) is 0 Å². The van der Waals surface area contributed by atoms with Crippen molar-refractivity contribution in [3.8, 4) is 11.8 Å². The smallest absolute Gasteiger partial charge is 0.119 e. The molecule has 2 N–H and O–H groups in total. The molecule has 3 aliphatic carbocycles. The maximum atomic E-state index is 10.9. The van der Waals surface area contributed by atoms with Crippen LogP contribution in [0.4, 0.5) is 0 Å². The number of rotatable bonds is 2. The Morgan fingerprint density at radius 1 is 1.33 bits per heavy atom. The van der Waals surface area contributed by atoms with Crippen LogP contribution >= 0.6 is 0 Å². The molecule has 1 aromatic carbocycles. The van der Waals surface area contributed by atoms with E-state index < -0.39 is 11.7 Å². The van der Waals surface area contributed by atoms with E-state index in [2.05, 4.69) is 18.2 Å². The second kappa shape index (κ2) is 5.61. The average Bonchev–Trinajstić information content (AvgIpc) is 2.85. The number of ether oxygens (including phenoxy) is 1. The zero-order valence-corrected chi connectivity index (χ0v) is 14.0. The van der Waals surface area contributed by atoms with E-state index in [4.69, 9.17) is 10.00 Å². The molecule has 1 fully saturated rings. The summed E-state index contributed by atoms with van der Waals surface area (Å²) >= 11 is 0. The molecule has 0 heterocycles. The highest BCUT2D eigenvalue weighted by molar-refractivity contribution is 5.75. The van der Waals surface area contributed by atoms with Gasteiger partial charge in [-0.15, -0.1) is 0 Å². The molecule has 1 aromatic rings. The maximum Gasteiger partial charge on any atom is 0.119 e. The lowest BCUT2D eigenvalue weighted by Gasteiger charge is -2.39. The zero-order chi connectivity index (χ0) is 16.9. The molecule has 126 valence electrons. The van der Waals surface area contributed by atoms with Gasteiger partial charge in [-0.25, -0.2) is 0 Å². The molecule has 0 aromatic heterocycles. The minimum atomic E-state index is -1.24. The van der Waals surface area contributed by atoms with E-state index in [0.717, 1.165) is 31.4 Å². The van der Waals surface area contributed by atoms with Crippen LogP contribution in [0.25, 0.3) is 5.57 Å². The fraction of sp³-hybridized carbons (Fsp3) is 0.550. The second-order valence-electron chi connectivity index (χ2n) is 7.36. The average molecular weight is 325 g/mol. The SMILES string of the molecule is COc1ccc2c(c1)CCC1=C2CCC2C1CC(O)C2(O)CC#N. The first kappa shape index (κ1) is 15.7. The van der Waals surface area contributed by atoms with Crippen molar-refractivity contribution in [2.75, 3.05) is 7.11 Å². The highest BCUT2D eigenvalue weighted by Crippen LogP contribution is 2.55. The summed E-state index contributed by atoms with van der Waals surface area (Å²) < 4.78 is 5.34. The minimum absolute atomic E-state index is 0.00528. The Bertz CT molecular complexity index is 748. The summed E-state index contributed by atoms with van der Waals surface area (Å²) in [6, 6.07) is 8.36. The number of allylic oxidation sites excluding steroid dienone is 2. The monoisotopic (exact) mass is 325 g/mol. The molecule has 4 rings (SSSR count). The number of methoxy groups -OCH3 is 1. The van der Waals surface area contributed by atoms with Crippen molar-refractivity contribution in [3.63, 3.8) is 0 Å². The number of aliphatic hydroxyl groups is 2. The maximum absolute atomic E-state index is 10.9. The Labute approximate surface area is 142 Å². The summed E-state index contributed by atoms with van der Waals surface area (Å²) in [5, 5.41) is 30.4. The third kappa shape index (κ3) is 2.12. The van der Waals surface area contributed by atoms with E-state index in [-0.39, 0.29) is 18.3 Å². The van der Waals surface area contributed by atoms with Crippen LogP contribution in [0.5, 0.6) is 5.75 Å². The first-order chi connectivity index (χ1) is 11.6. The minimum Gasteiger partial charge on any atom is -0.497 e. The number of nitrogens with zero attached hydrogens (tertiary/aromatic N) is 1. The van der Waals surface area contributed by atoms with Gasteiger partial charge in [0.1, 0.15) is 11.4 Å². The van der Waals surface area contributed by atoms with Crippen LogP contribution in [0, 0.1) is 23.2 Å². The molecular formula is C20H23NO3. The van der Waals surface area contributed by atoms with Gasteiger partial charge in [0.15, 0.2) is 0 Å². The van der Waals surface area contributed by atoms with Crippen molar-refractivity contribution >= 4 is 5.57 Å². The molecule has 0 aliphatic heterocycles. The zero-order valence-electron chi connectivity index (χ0n) is 14.0. The van der Waals surface area contributed by atoms with Gasteiger partial charge in [0, 0.05) is 0 Å². The normalized spacial score (nSPS) is 34.2. The molecule has 4 heteroatoms. The molecule has 0 amide bonds. The predicted molar refractivity (Wildman–Crippen MR) is 90.3 cm³/mol. The van der Waals surface area contributed by atoms with Crippen molar-refractivity contribution in [1.29, 1.82) is 5.26 Å². The largest absolute Gasteiger partial charge is 0.497 e. The number of aryl methyl sites for hydroxylation is 1. The van der Waals surface area contributed by atoms with Gasteiger partial charge in [-0.3, -0.25) is 0 Å². The van der Waals surface area contributed by atoms with E-state index in [1.54, 1.807) is 7.11 Å². The Morgan fingerprint density at radius 3 is 2.92 bits per heavy atom. The topological polar surface area (TPSA) is 73.5 Å². The molecule has 4 nitrogen and oxygen atoms in total. The molecular weight excluding hydrogens is 302 g/mol. The number of hydrogen-bond donors (Lipinski definition) is 2. The molecule has 0 spiro atoms. The van der Waals surface area contributed by atoms with E-state index in [1.807, 2.05) is 6.07 Å². The van der Waals surface area contributed by atoms with Gasteiger partial charge in [0.05, 0.1) is 25.7 Å². The van der Waals surface area contributed by atoms with Gasteiger partial charge in [-0.2, -0.15) is 5.26 Å². The summed E-state index contributed by atoms with van der Waals surface area (Å²) in [7, 11) is 1.69. The molecule has 4 unspecified atom stereocenters. The number of aliphatic hydroxyl groups excluding tert-OH is 1. The fourth-order valence-corrected chi connectivity index (χ4v) is 5.21. The summed E-state index contributed by atoms with van der Waals surface area (Å²) in [5.74, 6) is 1.11. The highest BCUT2D eigenvalue weighted by Gasteiger charge is 2.55. The van der Waals surface area contributed by atoms with Crippen molar-refractivity contribution in [2.45, 2.75) is 50.2 Å². The summed E-state index contributed by atoms with van der Waals surface area (Å²) in [6.45, 7) is 0. The second-order valence-corrected chi connectivity index (χ2v) is 7.36. The number of benzene rings is 1. The summed E-state index contributed by atoms with van der Waals surface area (Å²) in [6.07, 6.45) is 3.50. The van der Waals surface area contributed by atoms with Gasteiger partial charge in [-0.05, 0) is 72.8 Å². The molecule has 24 heavy (non-hydrogen) atoms. The first-order valence-electron chi connectivity index (χ1n) is 8.75. The predicted octanol–water partition coefficient (Wildman–Crippen LogP) is 2.83. The third-order valence-corrected chi connectivity index (χ3v) is 6.39. The van der Waals surface area contributed by atoms with Crippen LogP contribution in [0.2, 0.25) is 0 Å². The van der Waals surface area contributed by atoms with Crippen molar-refractivity contribution in [3.05, 3.63) is 34.9 Å². The number of nitriles is 1. The molecule has 0 saturated heterocycles. The fourth-order valence-electron chi connectivity index (χ4n) is 5.21. The van der Waals surface area contributed by atoms with Gasteiger partial charge < -0.3 is 14.9 Å².